The van der Waals surface area contributed by atoms with Crippen molar-refractivity contribution < 1.29 is 0 Å². The van der Waals surface area contributed by atoms with E-state index in [1.807, 2.05) is 0 Å². The van der Waals surface area contributed by atoms with Gasteiger partial charge in [0.1, 0.15) is 0 Å². The average Bonchev–Trinajstić information content (AvgIpc) is 2.15. The minimum atomic E-state index is 0.181. The molecule has 0 bridgehead atoms. The highest BCUT2D eigenvalue weighted by Crippen LogP contribution is 2.26. The predicted molar refractivity (Wildman–Crippen MR) is 67.2 cm³/mol. The van der Waals surface area contributed by atoms with Gasteiger partial charge in [-0.25, -0.2) is 0 Å². The van der Waals surface area contributed by atoms with Crippen molar-refractivity contribution in [1.82, 2.24) is 0 Å². The van der Waals surface area contributed by atoms with Crippen LogP contribution < -0.4 is 5.32 Å². The molecule has 1 N–H and O–H groups in total. The first-order chi connectivity index (χ1) is 6.95. The monoisotopic (exact) mass is 201 g/mol. The Morgan fingerprint density at radius 2 is 2.00 bits per heavy atom. The van der Waals surface area contributed by atoms with Crippen molar-refractivity contribution in [3.05, 3.63) is 29.3 Å². The van der Waals surface area contributed by atoms with Crippen LogP contribution in [0.4, 0.5) is 5.69 Å². The molecule has 0 aliphatic heterocycles. The Morgan fingerprint density at radius 3 is 2.53 bits per heavy atom. The Kier molecular flexibility index (Phi) is 3.42. The van der Waals surface area contributed by atoms with Crippen molar-refractivity contribution in [1.29, 1.82) is 0 Å². The van der Waals surface area contributed by atoms with Crippen LogP contribution in [0.1, 0.15) is 31.9 Å². The van der Waals surface area contributed by atoms with E-state index in [9.17, 15) is 0 Å². The number of hydrogen-bond acceptors (Lipinski definition) is 1. The first-order valence-corrected chi connectivity index (χ1v) is 5.23. The summed E-state index contributed by atoms with van der Waals surface area (Å²) in [6, 6.07) is 6.50. The van der Waals surface area contributed by atoms with Crippen LogP contribution in [0.15, 0.2) is 18.2 Å². The molecule has 0 aliphatic carbocycles. The van der Waals surface area contributed by atoms with Crippen molar-refractivity contribution >= 4 is 5.69 Å². The average molecular weight is 201 g/mol. The van der Waals surface area contributed by atoms with Crippen LogP contribution in [-0.2, 0) is 5.41 Å². The van der Waals surface area contributed by atoms with E-state index in [0.717, 1.165) is 5.69 Å². The van der Waals surface area contributed by atoms with E-state index in [-0.39, 0.29) is 5.41 Å². The van der Waals surface area contributed by atoms with Crippen LogP contribution in [0.2, 0.25) is 0 Å². The minimum absolute atomic E-state index is 0.181. The molecule has 0 fully saturated rings. The molecule has 0 saturated heterocycles. The lowest BCUT2D eigenvalue weighted by Crippen LogP contribution is -2.12. The Hall–Kier alpha value is -1.42. The molecule has 0 amide bonds. The van der Waals surface area contributed by atoms with Crippen LogP contribution in [-0.4, -0.2) is 6.54 Å². The molecule has 15 heavy (non-hydrogen) atoms. The number of benzene rings is 1. The molecule has 0 spiro atoms. The SMILES string of the molecule is C#CCNc1cc(C(C)(C)C)ccc1C. The molecule has 80 valence electrons. The first-order valence-electron chi connectivity index (χ1n) is 5.23. The molecule has 0 unspecified atom stereocenters. The van der Waals surface area contributed by atoms with E-state index in [2.05, 4.69) is 57.1 Å². The van der Waals surface area contributed by atoms with Gasteiger partial charge < -0.3 is 5.32 Å². The number of terminal acetylenes is 1. The van der Waals surface area contributed by atoms with Gasteiger partial charge in [-0.1, -0.05) is 38.8 Å². The molecule has 1 nitrogen and oxygen atoms in total. The van der Waals surface area contributed by atoms with Gasteiger partial charge in [-0.3, -0.25) is 0 Å². The predicted octanol–water partition coefficient (Wildman–Crippen LogP) is 3.34. The lowest BCUT2D eigenvalue weighted by atomic mass is 9.86. The molecule has 1 aromatic rings. The molecule has 1 rings (SSSR count). The summed E-state index contributed by atoms with van der Waals surface area (Å²) < 4.78 is 0. The molecule has 0 saturated carbocycles. The maximum Gasteiger partial charge on any atom is 0.0763 e. The molecular weight excluding hydrogens is 182 g/mol. The lowest BCUT2D eigenvalue weighted by molar-refractivity contribution is 0.590. The van der Waals surface area contributed by atoms with Crippen LogP contribution >= 0.6 is 0 Å². The van der Waals surface area contributed by atoms with E-state index < -0.39 is 0 Å². The maximum absolute atomic E-state index is 5.24. The summed E-state index contributed by atoms with van der Waals surface area (Å²) in [6.45, 7) is 9.30. The Morgan fingerprint density at radius 1 is 1.33 bits per heavy atom. The Balaban J connectivity index is 3.01. The van der Waals surface area contributed by atoms with Crippen LogP contribution in [0.25, 0.3) is 0 Å². The van der Waals surface area contributed by atoms with Crippen molar-refractivity contribution in [3.63, 3.8) is 0 Å². The fraction of sp³-hybridized carbons (Fsp3) is 0.429. The summed E-state index contributed by atoms with van der Waals surface area (Å²) >= 11 is 0. The molecule has 0 aromatic heterocycles. The standard InChI is InChI=1S/C14H19N/c1-6-9-15-13-10-12(14(3,4)5)8-7-11(13)2/h1,7-8,10,15H,9H2,2-5H3. The second-order valence-corrected chi connectivity index (χ2v) is 4.84. The van der Waals surface area contributed by atoms with Crippen molar-refractivity contribution in [2.45, 2.75) is 33.1 Å². The van der Waals surface area contributed by atoms with E-state index in [1.165, 1.54) is 11.1 Å². The highest BCUT2D eigenvalue weighted by molar-refractivity contribution is 5.54. The smallest absolute Gasteiger partial charge is 0.0763 e. The molecule has 1 heteroatoms. The number of anilines is 1. The summed E-state index contributed by atoms with van der Waals surface area (Å²) in [6.07, 6.45) is 5.24. The number of hydrogen-bond donors (Lipinski definition) is 1. The summed E-state index contributed by atoms with van der Waals surface area (Å²) in [4.78, 5) is 0. The largest absolute Gasteiger partial charge is 0.374 e. The van der Waals surface area contributed by atoms with Crippen molar-refractivity contribution in [2.24, 2.45) is 0 Å². The normalized spacial score (nSPS) is 10.9. The van der Waals surface area contributed by atoms with Gasteiger partial charge in [-0.15, -0.1) is 6.42 Å². The van der Waals surface area contributed by atoms with Crippen molar-refractivity contribution in [2.75, 3.05) is 11.9 Å². The number of aryl methyl sites for hydroxylation is 1. The zero-order chi connectivity index (χ0) is 11.5. The zero-order valence-corrected chi connectivity index (χ0v) is 10.0. The van der Waals surface area contributed by atoms with Gasteiger partial charge in [0.2, 0.25) is 0 Å². The topological polar surface area (TPSA) is 12.0 Å². The van der Waals surface area contributed by atoms with Gasteiger partial charge in [-0.05, 0) is 29.5 Å². The second-order valence-electron chi connectivity index (χ2n) is 4.84. The summed E-state index contributed by atoms with van der Waals surface area (Å²) in [5.74, 6) is 2.59. The highest BCUT2D eigenvalue weighted by Gasteiger charge is 2.14. The summed E-state index contributed by atoms with van der Waals surface area (Å²) in [5, 5.41) is 3.24. The van der Waals surface area contributed by atoms with Crippen molar-refractivity contribution in [3.8, 4) is 12.3 Å². The fourth-order valence-corrected chi connectivity index (χ4v) is 1.43. The van der Waals surface area contributed by atoms with Crippen LogP contribution in [0, 0.1) is 19.3 Å². The summed E-state index contributed by atoms with van der Waals surface area (Å²) in [7, 11) is 0. The molecule has 0 atom stereocenters. The third-order valence-corrected chi connectivity index (χ3v) is 2.48. The molecule has 1 aromatic carbocycles. The van der Waals surface area contributed by atoms with Gasteiger partial charge in [0, 0.05) is 5.69 Å². The fourth-order valence-electron chi connectivity index (χ4n) is 1.43. The zero-order valence-electron chi connectivity index (χ0n) is 10.0. The van der Waals surface area contributed by atoms with Gasteiger partial charge in [-0.2, -0.15) is 0 Å². The van der Waals surface area contributed by atoms with E-state index >= 15 is 0 Å². The van der Waals surface area contributed by atoms with Gasteiger partial charge in [0.15, 0.2) is 0 Å². The molecule has 0 heterocycles. The van der Waals surface area contributed by atoms with E-state index in [0.29, 0.717) is 6.54 Å². The molecule has 0 radical (unpaired) electrons. The Labute approximate surface area is 92.9 Å². The quantitative estimate of drug-likeness (QED) is 0.724. The lowest BCUT2D eigenvalue weighted by Gasteiger charge is -2.21. The van der Waals surface area contributed by atoms with Gasteiger partial charge in [0.05, 0.1) is 6.54 Å². The highest BCUT2D eigenvalue weighted by atomic mass is 14.9. The van der Waals surface area contributed by atoms with Crippen LogP contribution in [0.3, 0.4) is 0 Å². The minimum Gasteiger partial charge on any atom is -0.374 e. The number of rotatable bonds is 2. The molecular formula is C14H19N. The molecule has 0 aliphatic rings. The maximum atomic E-state index is 5.24. The first kappa shape index (κ1) is 11.7. The Bertz CT molecular complexity index is 377. The number of nitrogens with one attached hydrogen (secondary N) is 1. The summed E-state index contributed by atoms with van der Waals surface area (Å²) in [5.41, 5.74) is 3.88. The van der Waals surface area contributed by atoms with E-state index in [4.69, 9.17) is 6.42 Å². The van der Waals surface area contributed by atoms with Gasteiger partial charge >= 0.3 is 0 Å². The van der Waals surface area contributed by atoms with E-state index in [1.54, 1.807) is 0 Å². The second kappa shape index (κ2) is 4.40. The third-order valence-electron chi connectivity index (χ3n) is 2.48. The third kappa shape index (κ3) is 3.02. The van der Waals surface area contributed by atoms with Crippen LogP contribution in [0.5, 0.6) is 0 Å². The van der Waals surface area contributed by atoms with Gasteiger partial charge in [0.25, 0.3) is 0 Å².